The van der Waals surface area contributed by atoms with Crippen molar-refractivity contribution in [2.45, 2.75) is 13.2 Å². The molecule has 33 heavy (non-hydrogen) atoms. The van der Waals surface area contributed by atoms with E-state index in [1.165, 1.54) is 6.07 Å². The molecule has 1 fully saturated rings. The van der Waals surface area contributed by atoms with Crippen molar-refractivity contribution in [1.29, 1.82) is 0 Å². The predicted octanol–water partition coefficient (Wildman–Crippen LogP) is 3.09. The van der Waals surface area contributed by atoms with Crippen LogP contribution in [0, 0.1) is 0 Å². The van der Waals surface area contributed by atoms with Gasteiger partial charge in [-0.15, -0.1) is 12.4 Å². The van der Waals surface area contributed by atoms with E-state index in [1.54, 1.807) is 10.8 Å². The van der Waals surface area contributed by atoms with Crippen molar-refractivity contribution in [3.05, 3.63) is 89.0 Å². The molecule has 0 aliphatic carbocycles. The molecular formula is C25H28ClN5O2. The standard InChI is InChI=1S/C25H27N5O2.ClH/c31-25-17-23(32-19-20-4-2-1-3-5-20)8-11-29(25)22-6-7-24-21(16-22)18-27-30(24)15-14-28-12-9-26-10-13-28;/h1-8,11,16-18,26H,9-10,12-15,19H2;1H. The van der Waals surface area contributed by atoms with Crippen molar-refractivity contribution >= 4 is 23.3 Å². The Bertz CT molecular complexity index is 1250. The smallest absolute Gasteiger partial charge is 0.258 e. The summed E-state index contributed by atoms with van der Waals surface area (Å²) >= 11 is 0. The highest BCUT2D eigenvalue weighted by atomic mass is 35.5. The van der Waals surface area contributed by atoms with Crippen LogP contribution in [0.4, 0.5) is 0 Å². The van der Waals surface area contributed by atoms with Gasteiger partial charge in [-0.2, -0.15) is 5.10 Å². The summed E-state index contributed by atoms with van der Waals surface area (Å²) in [5, 5.41) is 8.98. The van der Waals surface area contributed by atoms with E-state index in [1.807, 2.05) is 65.5 Å². The fourth-order valence-corrected chi connectivity index (χ4v) is 4.08. The van der Waals surface area contributed by atoms with Crippen molar-refractivity contribution in [1.82, 2.24) is 24.6 Å². The summed E-state index contributed by atoms with van der Waals surface area (Å²) in [7, 11) is 0. The van der Waals surface area contributed by atoms with Crippen molar-refractivity contribution in [3.8, 4) is 11.4 Å². The van der Waals surface area contributed by atoms with Crippen molar-refractivity contribution in [2.75, 3.05) is 32.7 Å². The lowest BCUT2D eigenvalue weighted by atomic mass is 10.2. The maximum atomic E-state index is 12.7. The minimum atomic E-state index is -0.124. The minimum absolute atomic E-state index is 0. The van der Waals surface area contributed by atoms with Gasteiger partial charge in [0.05, 0.1) is 18.3 Å². The molecule has 7 nitrogen and oxygen atoms in total. The quantitative estimate of drug-likeness (QED) is 0.454. The highest BCUT2D eigenvalue weighted by Gasteiger charge is 2.11. The molecule has 5 rings (SSSR count). The lowest BCUT2D eigenvalue weighted by molar-refractivity contribution is 0.230. The number of fused-ring (bicyclic) bond motifs is 1. The van der Waals surface area contributed by atoms with E-state index in [2.05, 4.69) is 15.3 Å². The highest BCUT2D eigenvalue weighted by Crippen LogP contribution is 2.19. The maximum Gasteiger partial charge on any atom is 0.258 e. The summed E-state index contributed by atoms with van der Waals surface area (Å²) in [6, 6.07) is 19.3. The van der Waals surface area contributed by atoms with Gasteiger partial charge in [0.15, 0.2) is 0 Å². The molecule has 4 aromatic rings. The number of nitrogens with one attached hydrogen (secondary N) is 1. The maximum absolute atomic E-state index is 12.7. The highest BCUT2D eigenvalue weighted by molar-refractivity contribution is 5.85. The number of ether oxygens (including phenoxy) is 1. The number of halogens is 1. The van der Waals surface area contributed by atoms with Crippen LogP contribution in [0.15, 0.2) is 77.9 Å². The van der Waals surface area contributed by atoms with Gasteiger partial charge in [0.1, 0.15) is 12.4 Å². The molecule has 0 radical (unpaired) electrons. The van der Waals surface area contributed by atoms with Gasteiger partial charge < -0.3 is 10.1 Å². The van der Waals surface area contributed by atoms with Crippen molar-refractivity contribution in [3.63, 3.8) is 0 Å². The fourth-order valence-electron chi connectivity index (χ4n) is 4.08. The average molecular weight is 466 g/mol. The first-order valence-corrected chi connectivity index (χ1v) is 11.0. The van der Waals surface area contributed by atoms with Gasteiger partial charge in [0.25, 0.3) is 5.56 Å². The Labute approximate surface area is 199 Å². The van der Waals surface area contributed by atoms with Crippen molar-refractivity contribution < 1.29 is 4.74 Å². The van der Waals surface area contributed by atoms with E-state index < -0.39 is 0 Å². The zero-order chi connectivity index (χ0) is 21.8. The van der Waals surface area contributed by atoms with Gasteiger partial charge >= 0.3 is 0 Å². The molecule has 0 spiro atoms. The second-order valence-corrected chi connectivity index (χ2v) is 8.05. The van der Waals surface area contributed by atoms with Crippen LogP contribution in [0.25, 0.3) is 16.6 Å². The zero-order valence-corrected chi connectivity index (χ0v) is 19.2. The Hall–Kier alpha value is -3.13. The molecule has 1 N–H and O–H groups in total. The third-order valence-electron chi connectivity index (χ3n) is 5.88. The van der Waals surface area contributed by atoms with Crippen LogP contribution >= 0.6 is 12.4 Å². The van der Waals surface area contributed by atoms with Gasteiger partial charge in [-0.1, -0.05) is 30.3 Å². The minimum Gasteiger partial charge on any atom is -0.489 e. The average Bonchev–Trinajstić information content (AvgIpc) is 3.25. The molecule has 0 unspecified atom stereocenters. The van der Waals surface area contributed by atoms with E-state index in [0.717, 1.165) is 61.4 Å². The fraction of sp³-hybridized carbons (Fsp3) is 0.280. The largest absolute Gasteiger partial charge is 0.489 e. The van der Waals surface area contributed by atoms with Crippen molar-refractivity contribution in [2.24, 2.45) is 0 Å². The molecule has 1 aliphatic rings. The molecule has 0 atom stereocenters. The zero-order valence-electron chi connectivity index (χ0n) is 18.4. The molecular weight excluding hydrogens is 438 g/mol. The molecule has 0 bridgehead atoms. The summed E-state index contributed by atoms with van der Waals surface area (Å²) < 4.78 is 9.46. The van der Waals surface area contributed by atoms with Gasteiger partial charge in [0.2, 0.25) is 0 Å². The molecule has 0 amide bonds. The van der Waals surface area contributed by atoms with Gasteiger partial charge in [-0.3, -0.25) is 18.9 Å². The number of piperazine rings is 1. The number of aromatic nitrogens is 3. The van der Waals surface area contributed by atoms with Gasteiger partial charge in [0, 0.05) is 56.1 Å². The second kappa shape index (κ2) is 10.7. The summed E-state index contributed by atoms with van der Waals surface area (Å²) in [6.45, 7) is 6.54. The van der Waals surface area contributed by atoms with Crippen LogP contribution in [0.5, 0.6) is 5.75 Å². The van der Waals surface area contributed by atoms with Crippen LogP contribution in [0.3, 0.4) is 0 Å². The Kier molecular flexibility index (Phi) is 7.44. The number of rotatable bonds is 7. The molecule has 1 aliphatic heterocycles. The van der Waals surface area contributed by atoms with E-state index in [9.17, 15) is 4.79 Å². The molecule has 2 aromatic carbocycles. The first kappa shape index (κ1) is 23.0. The Morgan fingerprint density at radius 2 is 1.79 bits per heavy atom. The van der Waals surface area contributed by atoms with Crippen LogP contribution in [0.2, 0.25) is 0 Å². The summed E-state index contributed by atoms with van der Waals surface area (Å²) in [5.74, 6) is 0.567. The van der Waals surface area contributed by atoms with E-state index in [4.69, 9.17) is 4.74 Å². The van der Waals surface area contributed by atoms with Crippen LogP contribution in [-0.2, 0) is 13.2 Å². The lowest BCUT2D eigenvalue weighted by Crippen LogP contribution is -2.44. The predicted molar refractivity (Wildman–Crippen MR) is 133 cm³/mol. The first-order chi connectivity index (χ1) is 15.8. The van der Waals surface area contributed by atoms with Crippen LogP contribution in [-0.4, -0.2) is 52.0 Å². The van der Waals surface area contributed by atoms with E-state index in [0.29, 0.717) is 12.4 Å². The number of nitrogens with zero attached hydrogens (tertiary/aromatic N) is 4. The number of benzene rings is 2. The van der Waals surface area contributed by atoms with Crippen LogP contribution in [0.1, 0.15) is 5.56 Å². The Morgan fingerprint density at radius 3 is 2.58 bits per heavy atom. The van der Waals surface area contributed by atoms with Gasteiger partial charge in [-0.25, -0.2) is 0 Å². The summed E-state index contributed by atoms with van der Waals surface area (Å²) in [6.07, 6.45) is 3.64. The number of pyridine rings is 1. The summed E-state index contributed by atoms with van der Waals surface area (Å²) in [5.41, 5.74) is 2.84. The monoisotopic (exact) mass is 465 g/mol. The van der Waals surface area contributed by atoms with Crippen LogP contribution < -0.4 is 15.6 Å². The van der Waals surface area contributed by atoms with E-state index >= 15 is 0 Å². The molecule has 3 heterocycles. The Balaban J connectivity index is 0.00000259. The third-order valence-corrected chi connectivity index (χ3v) is 5.88. The summed E-state index contributed by atoms with van der Waals surface area (Å²) in [4.78, 5) is 15.2. The number of hydrogen-bond donors (Lipinski definition) is 1. The molecule has 8 heteroatoms. The number of hydrogen-bond acceptors (Lipinski definition) is 5. The second-order valence-electron chi connectivity index (χ2n) is 8.05. The Morgan fingerprint density at radius 1 is 0.970 bits per heavy atom. The molecule has 172 valence electrons. The first-order valence-electron chi connectivity index (χ1n) is 11.0. The van der Waals surface area contributed by atoms with Gasteiger partial charge in [-0.05, 0) is 29.8 Å². The normalized spacial score (nSPS) is 14.2. The van der Waals surface area contributed by atoms with E-state index in [-0.39, 0.29) is 18.0 Å². The molecule has 0 saturated carbocycles. The molecule has 1 saturated heterocycles. The molecule has 2 aromatic heterocycles. The third kappa shape index (κ3) is 5.45. The topological polar surface area (TPSA) is 64.3 Å². The SMILES string of the molecule is Cl.O=c1cc(OCc2ccccc2)ccn1-c1ccc2c(cnn2CCN2CCNCC2)c1. The lowest BCUT2D eigenvalue weighted by Gasteiger charge is -2.27.